The standard InChI is InChI=1S/C15H18O3/c1-10-5-4-6-11-9-12(18-13(10)11)14(16)15(17)7-2-3-8-15/h4-6,9,14,16-17H,2-3,7-8H2,1H3. The van der Waals surface area contributed by atoms with Crippen molar-refractivity contribution in [3.8, 4) is 0 Å². The summed E-state index contributed by atoms with van der Waals surface area (Å²) in [5, 5.41) is 21.7. The summed E-state index contributed by atoms with van der Waals surface area (Å²) in [4.78, 5) is 0. The molecule has 2 aromatic rings. The number of benzene rings is 1. The van der Waals surface area contributed by atoms with E-state index in [2.05, 4.69) is 0 Å². The third-order valence-electron chi connectivity index (χ3n) is 4.01. The van der Waals surface area contributed by atoms with Crippen molar-refractivity contribution >= 4 is 11.0 Å². The van der Waals surface area contributed by atoms with Gasteiger partial charge in [-0.1, -0.05) is 31.0 Å². The SMILES string of the molecule is Cc1cccc2cc(C(O)C3(O)CCCC3)oc12. The maximum atomic E-state index is 10.4. The van der Waals surface area contributed by atoms with Crippen LogP contribution in [-0.4, -0.2) is 15.8 Å². The Balaban J connectivity index is 2.01. The highest BCUT2D eigenvalue weighted by Gasteiger charge is 2.41. The lowest BCUT2D eigenvalue weighted by Gasteiger charge is -2.26. The lowest BCUT2D eigenvalue weighted by atomic mass is 9.93. The highest BCUT2D eigenvalue weighted by atomic mass is 16.4. The highest BCUT2D eigenvalue weighted by molar-refractivity contribution is 5.81. The molecule has 2 N–H and O–H groups in total. The van der Waals surface area contributed by atoms with Crippen LogP contribution in [0.3, 0.4) is 0 Å². The van der Waals surface area contributed by atoms with Crippen molar-refractivity contribution in [3.63, 3.8) is 0 Å². The molecule has 0 amide bonds. The summed E-state index contributed by atoms with van der Waals surface area (Å²) in [6.45, 7) is 1.98. The first-order valence-electron chi connectivity index (χ1n) is 6.50. The van der Waals surface area contributed by atoms with Crippen molar-refractivity contribution in [1.29, 1.82) is 0 Å². The molecule has 0 spiro atoms. The number of aliphatic hydroxyl groups is 2. The molecule has 1 aliphatic rings. The van der Waals surface area contributed by atoms with Crippen LogP contribution in [-0.2, 0) is 0 Å². The normalized spacial score (nSPS) is 20.4. The van der Waals surface area contributed by atoms with Crippen LogP contribution in [0.25, 0.3) is 11.0 Å². The quantitative estimate of drug-likeness (QED) is 0.856. The van der Waals surface area contributed by atoms with E-state index in [1.807, 2.05) is 31.2 Å². The van der Waals surface area contributed by atoms with Crippen LogP contribution < -0.4 is 0 Å². The van der Waals surface area contributed by atoms with Gasteiger partial charge in [0.05, 0.1) is 5.60 Å². The van der Waals surface area contributed by atoms with Gasteiger partial charge in [0.2, 0.25) is 0 Å². The Bertz CT molecular complexity index is 564. The van der Waals surface area contributed by atoms with Gasteiger partial charge in [-0.05, 0) is 31.4 Å². The second kappa shape index (κ2) is 4.11. The molecule has 0 radical (unpaired) electrons. The molecule has 1 saturated carbocycles. The molecule has 0 bridgehead atoms. The Labute approximate surface area is 106 Å². The molecule has 1 unspecified atom stereocenters. The lowest BCUT2D eigenvalue weighted by Crippen LogP contribution is -2.32. The topological polar surface area (TPSA) is 53.6 Å². The van der Waals surface area contributed by atoms with Gasteiger partial charge in [-0.15, -0.1) is 0 Å². The molecule has 1 fully saturated rings. The van der Waals surface area contributed by atoms with E-state index in [1.165, 1.54) is 0 Å². The third kappa shape index (κ3) is 1.74. The summed E-state index contributed by atoms with van der Waals surface area (Å²) in [6.07, 6.45) is 2.29. The van der Waals surface area contributed by atoms with Gasteiger partial charge in [0.15, 0.2) is 0 Å². The van der Waals surface area contributed by atoms with E-state index in [0.717, 1.165) is 29.4 Å². The van der Waals surface area contributed by atoms with Crippen molar-refractivity contribution in [2.24, 2.45) is 0 Å². The average Bonchev–Trinajstić information content (AvgIpc) is 2.96. The molecule has 1 atom stereocenters. The summed E-state index contributed by atoms with van der Waals surface area (Å²) in [5.74, 6) is 0.476. The van der Waals surface area contributed by atoms with Crippen molar-refractivity contribution in [1.82, 2.24) is 0 Å². The van der Waals surface area contributed by atoms with Crippen LogP contribution in [0.1, 0.15) is 43.1 Å². The van der Waals surface area contributed by atoms with Crippen LogP contribution in [0.15, 0.2) is 28.7 Å². The van der Waals surface area contributed by atoms with Crippen LogP contribution in [0.5, 0.6) is 0 Å². The fourth-order valence-corrected chi connectivity index (χ4v) is 2.89. The Hall–Kier alpha value is -1.32. The lowest BCUT2D eigenvalue weighted by molar-refractivity contribution is -0.0801. The monoisotopic (exact) mass is 246 g/mol. The predicted molar refractivity (Wildman–Crippen MR) is 69.3 cm³/mol. The third-order valence-corrected chi connectivity index (χ3v) is 4.01. The van der Waals surface area contributed by atoms with E-state index in [0.29, 0.717) is 18.6 Å². The van der Waals surface area contributed by atoms with Gasteiger partial charge >= 0.3 is 0 Å². The van der Waals surface area contributed by atoms with Crippen LogP contribution in [0.2, 0.25) is 0 Å². The van der Waals surface area contributed by atoms with Gasteiger partial charge in [-0.3, -0.25) is 0 Å². The van der Waals surface area contributed by atoms with Gasteiger partial charge < -0.3 is 14.6 Å². The molecule has 1 aromatic carbocycles. The number of hydrogen-bond acceptors (Lipinski definition) is 3. The van der Waals surface area contributed by atoms with Crippen molar-refractivity contribution in [3.05, 3.63) is 35.6 Å². The zero-order chi connectivity index (χ0) is 12.8. The molecule has 3 rings (SSSR count). The minimum absolute atomic E-state index is 0.476. The Morgan fingerprint density at radius 2 is 2.00 bits per heavy atom. The maximum Gasteiger partial charge on any atom is 0.140 e. The number of para-hydroxylation sites is 1. The van der Waals surface area contributed by atoms with Crippen molar-refractivity contribution in [2.45, 2.75) is 44.3 Å². The van der Waals surface area contributed by atoms with Gasteiger partial charge in [0, 0.05) is 5.39 Å². The van der Waals surface area contributed by atoms with Crippen LogP contribution in [0.4, 0.5) is 0 Å². The zero-order valence-corrected chi connectivity index (χ0v) is 10.5. The molecule has 1 heterocycles. The highest BCUT2D eigenvalue weighted by Crippen LogP contribution is 2.41. The Kier molecular flexibility index (Phi) is 2.68. The van der Waals surface area contributed by atoms with Crippen molar-refractivity contribution < 1.29 is 14.6 Å². The maximum absolute atomic E-state index is 10.4. The van der Waals surface area contributed by atoms with Crippen molar-refractivity contribution in [2.75, 3.05) is 0 Å². The Morgan fingerprint density at radius 1 is 1.28 bits per heavy atom. The van der Waals surface area contributed by atoms with E-state index in [1.54, 1.807) is 0 Å². The van der Waals surface area contributed by atoms with Gasteiger partial charge in [0.25, 0.3) is 0 Å². The first-order chi connectivity index (χ1) is 8.60. The summed E-state index contributed by atoms with van der Waals surface area (Å²) in [7, 11) is 0. The van der Waals surface area contributed by atoms with E-state index in [9.17, 15) is 10.2 Å². The van der Waals surface area contributed by atoms with Crippen LogP contribution >= 0.6 is 0 Å². The smallest absolute Gasteiger partial charge is 0.140 e. The minimum Gasteiger partial charge on any atom is -0.458 e. The predicted octanol–water partition coefficient (Wildman–Crippen LogP) is 3.08. The summed E-state index contributed by atoms with van der Waals surface area (Å²) in [6, 6.07) is 7.74. The van der Waals surface area contributed by atoms with Crippen LogP contribution in [0, 0.1) is 6.92 Å². The minimum atomic E-state index is -1.01. The largest absolute Gasteiger partial charge is 0.458 e. The second-order valence-corrected chi connectivity index (χ2v) is 5.36. The molecule has 18 heavy (non-hydrogen) atoms. The zero-order valence-electron chi connectivity index (χ0n) is 10.5. The number of hydrogen-bond donors (Lipinski definition) is 2. The molecule has 1 aromatic heterocycles. The number of aryl methyl sites for hydroxylation is 1. The van der Waals surface area contributed by atoms with Gasteiger partial charge in [-0.2, -0.15) is 0 Å². The summed E-state index contributed by atoms with van der Waals surface area (Å²) < 4.78 is 5.73. The summed E-state index contributed by atoms with van der Waals surface area (Å²) >= 11 is 0. The fraction of sp³-hybridized carbons (Fsp3) is 0.467. The molecule has 3 heteroatoms. The molecule has 0 saturated heterocycles. The van der Waals surface area contributed by atoms with E-state index >= 15 is 0 Å². The van der Waals surface area contributed by atoms with Gasteiger partial charge in [0.1, 0.15) is 17.4 Å². The summed E-state index contributed by atoms with van der Waals surface area (Å²) in [5.41, 5.74) is 0.833. The first-order valence-corrected chi connectivity index (χ1v) is 6.50. The average molecular weight is 246 g/mol. The van der Waals surface area contributed by atoms with E-state index in [4.69, 9.17) is 4.42 Å². The first kappa shape index (κ1) is 11.8. The number of fused-ring (bicyclic) bond motifs is 1. The van der Waals surface area contributed by atoms with E-state index < -0.39 is 11.7 Å². The Morgan fingerprint density at radius 3 is 2.67 bits per heavy atom. The van der Waals surface area contributed by atoms with E-state index in [-0.39, 0.29) is 0 Å². The second-order valence-electron chi connectivity index (χ2n) is 5.36. The molecule has 1 aliphatic carbocycles. The number of rotatable bonds is 2. The van der Waals surface area contributed by atoms with Gasteiger partial charge in [-0.25, -0.2) is 0 Å². The number of furan rings is 1. The molecule has 3 nitrogen and oxygen atoms in total. The molecule has 96 valence electrons. The number of aliphatic hydroxyl groups excluding tert-OH is 1. The molecular formula is C15H18O3. The fourth-order valence-electron chi connectivity index (χ4n) is 2.89. The molecular weight excluding hydrogens is 228 g/mol. The molecule has 0 aliphatic heterocycles.